The van der Waals surface area contributed by atoms with Crippen LogP contribution < -0.4 is 5.32 Å². The van der Waals surface area contributed by atoms with E-state index in [2.05, 4.69) is 18.1 Å². The third kappa shape index (κ3) is 4.54. The van der Waals surface area contributed by atoms with Crippen molar-refractivity contribution in [1.82, 2.24) is 4.31 Å². The second-order valence-corrected chi connectivity index (χ2v) is 5.96. The number of rotatable bonds is 4. The van der Waals surface area contributed by atoms with E-state index in [0.717, 1.165) is 5.56 Å². The zero-order valence-corrected chi connectivity index (χ0v) is 14.1. The summed E-state index contributed by atoms with van der Waals surface area (Å²) >= 11 is 10.1. The van der Waals surface area contributed by atoms with Gasteiger partial charge < -0.3 is 15.5 Å². The minimum atomic E-state index is -0.916. The minimum absolute atomic E-state index is 0.116. The molecule has 5 nitrogen and oxygen atoms in total. The van der Waals surface area contributed by atoms with Crippen molar-refractivity contribution in [2.45, 2.75) is 19.6 Å². The molecule has 0 aromatic heterocycles. The lowest BCUT2D eigenvalue weighted by Crippen LogP contribution is -2.26. The number of nitrogens with zero attached hydrogens (tertiary/aromatic N) is 1. The molecule has 0 bridgehead atoms. The van der Waals surface area contributed by atoms with Crippen molar-refractivity contribution in [2.24, 2.45) is 0 Å². The number of hydrogen-bond donors (Lipinski definition) is 4. The summed E-state index contributed by atoms with van der Waals surface area (Å²) in [7, 11) is 0. The number of benzene rings is 2. The van der Waals surface area contributed by atoms with Crippen molar-refractivity contribution >= 4 is 36.1 Å². The molecule has 2 rings (SSSR count). The van der Waals surface area contributed by atoms with Crippen LogP contribution in [0.15, 0.2) is 42.5 Å². The van der Waals surface area contributed by atoms with Gasteiger partial charge in [0.05, 0.1) is 18.3 Å². The third-order valence-electron chi connectivity index (χ3n) is 3.21. The second-order valence-electron chi connectivity index (χ2n) is 5.04. The van der Waals surface area contributed by atoms with Crippen LogP contribution in [0.1, 0.15) is 24.2 Å². The highest BCUT2D eigenvalue weighted by molar-refractivity contribution is 7.78. The number of phenolic OH excluding ortho intramolecular Hbond substituents is 1. The van der Waals surface area contributed by atoms with Crippen molar-refractivity contribution in [1.29, 1.82) is 0 Å². The standard InChI is InChI=1S/C16H17ClN2O3S/c1-10(20)13-7-12(17)8-14(15(13)21)18-16(22)19(23)9-11-5-3-2-4-6-11/h2-8,10,20-21,23H,9H2,1H3,(H,18,22). The molecule has 0 aliphatic heterocycles. The summed E-state index contributed by atoms with van der Waals surface area (Å²) < 4.78 is 1.18. The molecule has 0 spiro atoms. The molecule has 2 aromatic carbocycles. The number of phenols is 1. The first-order valence-electron chi connectivity index (χ1n) is 6.90. The van der Waals surface area contributed by atoms with E-state index in [0.29, 0.717) is 11.6 Å². The molecule has 0 aliphatic carbocycles. The van der Waals surface area contributed by atoms with Crippen LogP contribution in [0, 0.1) is 0 Å². The van der Waals surface area contributed by atoms with Gasteiger partial charge >= 0.3 is 6.03 Å². The van der Waals surface area contributed by atoms with Crippen LogP contribution >= 0.6 is 24.4 Å². The van der Waals surface area contributed by atoms with Gasteiger partial charge in [0.15, 0.2) is 0 Å². The van der Waals surface area contributed by atoms with Gasteiger partial charge in [0.25, 0.3) is 0 Å². The fourth-order valence-electron chi connectivity index (χ4n) is 2.04. The van der Waals surface area contributed by atoms with E-state index in [1.807, 2.05) is 30.3 Å². The van der Waals surface area contributed by atoms with Gasteiger partial charge in [-0.2, -0.15) is 0 Å². The molecule has 3 N–H and O–H groups in total. The molecule has 23 heavy (non-hydrogen) atoms. The molecular weight excluding hydrogens is 336 g/mol. The van der Waals surface area contributed by atoms with Crippen LogP contribution in [0.25, 0.3) is 0 Å². The fraction of sp³-hybridized carbons (Fsp3) is 0.188. The van der Waals surface area contributed by atoms with Crippen molar-refractivity contribution in [2.75, 3.05) is 5.32 Å². The predicted molar refractivity (Wildman–Crippen MR) is 93.7 cm³/mol. The van der Waals surface area contributed by atoms with E-state index in [-0.39, 0.29) is 17.0 Å². The molecular formula is C16H17ClN2O3S. The molecule has 1 atom stereocenters. The first kappa shape index (κ1) is 17.5. The van der Waals surface area contributed by atoms with Crippen LogP contribution in [0.2, 0.25) is 5.02 Å². The van der Waals surface area contributed by atoms with E-state index in [9.17, 15) is 15.0 Å². The maximum absolute atomic E-state index is 12.2. The number of thiol groups is 1. The lowest BCUT2D eigenvalue weighted by molar-refractivity contribution is 0.195. The Morgan fingerprint density at radius 1 is 1.35 bits per heavy atom. The Bertz CT molecular complexity index is 695. The molecule has 2 aromatic rings. The van der Waals surface area contributed by atoms with Crippen LogP contribution in [-0.2, 0) is 6.54 Å². The smallest absolute Gasteiger partial charge is 0.332 e. The Morgan fingerprint density at radius 2 is 2.00 bits per heavy atom. The lowest BCUT2D eigenvalue weighted by atomic mass is 10.1. The van der Waals surface area contributed by atoms with Crippen LogP contribution in [0.4, 0.5) is 10.5 Å². The monoisotopic (exact) mass is 352 g/mol. The van der Waals surface area contributed by atoms with Gasteiger partial charge in [-0.25, -0.2) is 4.79 Å². The SMILES string of the molecule is CC(O)c1cc(Cl)cc(NC(=O)N(S)Cc2ccccc2)c1O. The molecule has 1 unspecified atom stereocenters. The van der Waals surface area contributed by atoms with Gasteiger partial charge in [0.2, 0.25) is 0 Å². The highest BCUT2D eigenvalue weighted by atomic mass is 35.5. The summed E-state index contributed by atoms with van der Waals surface area (Å²) in [6, 6.07) is 11.7. The second kappa shape index (κ2) is 7.59. The number of aromatic hydroxyl groups is 1. The summed E-state index contributed by atoms with van der Waals surface area (Å²) in [5.41, 5.74) is 1.27. The van der Waals surface area contributed by atoms with Gasteiger partial charge in [-0.05, 0) is 24.6 Å². The Kier molecular flexibility index (Phi) is 5.76. The Morgan fingerprint density at radius 3 is 2.61 bits per heavy atom. The van der Waals surface area contributed by atoms with E-state index in [1.165, 1.54) is 23.4 Å². The number of halogens is 1. The van der Waals surface area contributed by atoms with Gasteiger partial charge in [-0.3, -0.25) is 4.31 Å². The van der Waals surface area contributed by atoms with E-state index in [4.69, 9.17) is 11.6 Å². The zero-order chi connectivity index (χ0) is 17.0. The van der Waals surface area contributed by atoms with E-state index in [1.54, 1.807) is 0 Å². The van der Waals surface area contributed by atoms with Crippen molar-refractivity contribution in [3.8, 4) is 5.75 Å². The number of urea groups is 1. The van der Waals surface area contributed by atoms with Crippen molar-refractivity contribution in [3.63, 3.8) is 0 Å². The molecule has 0 saturated heterocycles. The molecule has 0 saturated carbocycles. The molecule has 0 heterocycles. The maximum Gasteiger partial charge on any atom is 0.332 e. The Labute approximate surface area is 145 Å². The summed E-state index contributed by atoms with van der Waals surface area (Å²) in [6.07, 6.45) is -0.916. The number of nitrogens with one attached hydrogen (secondary N) is 1. The van der Waals surface area contributed by atoms with Gasteiger partial charge in [-0.15, -0.1) is 0 Å². The third-order valence-corrected chi connectivity index (χ3v) is 3.75. The number of aliphatic hydroxyl groups is 1. The van der Waals surface area contributed by atoms with E-state index < -0.39 is 12.1 Å². The first-order valence-corrected chi connectivity index (χ1v) is 7.68. The molecule has 2 amide bonds. The molecule has 122 valence electrons. The number of amides is 2. The highest BCUT2D eigenvalue weighted by Gasteiger charge is 2.17. The van der Waals surface area contributed by atoms with Crippen molar-refractivity contribution < 1.29 is 15.0 Å². The van der Waals surface area contributed by atoms with Gasteiger partial charge in [-0.1, -0.05) is 54.7 Å². The maximum atomic E-state index is 12.2. The van der Waals surface area contributed by atoms with Crippen LogP contribution in [0.3, 0.4) is 0 Å². The molecule has 7 heteroatoms. The average Bonchev–Trinajstić information content (AvgIpc) is 2.51. The average molecular weight is 353 g/mol. The number of aliphatic hydroxyl groups excluding tert-OH is 1. The topological polar surface area (TPSA) is 72.8 Å². The molecule has 0 fully saturated rings. The zero-order valence-electron chi connectivity index (χ0n) is 12.4. The summed E-state index contributed by atoms with van der Waals surface area (Å²) in [4.78, 5) is 12.2. The Hall–Kier alpha value is -1.89. The summed E-state index contributed by atoms with van der Waals surface area (Å²) in [6.45, 7) is 1.79. The first-order chi connectivity index (χ1) is 10.9. The molecule has 0 radical (unpaired) electrons. The van der Waals surface area contributed by atoms with Crippen LogP contribution in [0.5, 0.6) is 5.75 Å². The molecule has 0 aliphatic rings. The number of hydrogen-bond acceptors (Lipinski definition) is 4. The number of carbonyl (C=O) groups excluding carboxylic acids is 1. The quantitative estimate of drug-likeness (QED) is 0.497. The van der Waals surface area contributed by atoms with Gasteiger partial charge in [0.1, 0.15) is 5.75 Å². The van der Waals surface area contributed by atoms with Crippen LogP contribution in [-0.4, -0.2) is 20.5 Å². The number of anilines is 1. The highest BCUT2D eigenvalue weighted by Crippen LogP contribution is 2.35. The lowest BCUT2D eigenvalue weighted by Gasteiger charge is -2.18. The summed E-state index contributed by atoms with van der Waals surface area (Å²) in [5.74, 6) is -0.223. The summed E-state index contributed by atoms with van der Waals surface area (Å²) in [5, 5.41) is 22.6. The van der Waals surface area contributed by atoms with Gasteiger partial charge in [0, 0.05) is 10.6 Å². The van der Waals surface area contributed by atoms with Crippen molar-refractivity contribution in [3.05, 3.63) is 58.6 Å². The normalized spacial score (nSPS) is 11.8. The fourth-order valence-corrected chi connectivity index (χ4v) is 2.48. The largest absolute Gasteiger partial charge is 0.505 e. The van der Waals surface area contributed by atoms with E-state index >= 15 is 0 Å². The minimum Gasteiger partial charge on any atom is -0.505 e. The Balaban J connectivity index is 2.14. The predicted octanol–water partition coefficient (Wildman–Crippen LogP) is 3.98. The number of carbonyl (C=O) groups is 1.